The molecule has 0 aromatic rings. The highest BCUT2D eigenvalue weighted by atomic mass is 32.2. The van der Waals surface area contributed by atoms with E-state index in [1.807, 2.05) is 0 Å². The Balaban J connectivity index is 4.22. The third-order valence-corrected chi connectivity index (χ3v) is 2.78. The molecular formula is C6H12F3NO2S. The number of alkyl halides is 3. The van der Waals surface area contributed by atoms with Crippen LogP contribution in [0.2, 0.25) is 0 Å². The lowest BCUT2D eigenvalue weighted by molar-refractivity contribution is -0.0448. The van der Waals surface area contributed by atoms with Crippen LogP contribution >= 0.6 is 0 Å². The van der Waals surface area contributed by atoms with Gasteiger partial charge in [-0.15, -0.1) is 0 Å². The van der Waals surface area contributed by atoms with Crippen LogP contribution in [-0.4, -0.2) is 20.5 Å². The van der Waals surface area contributed by atoms with Crippen LogP contribution in [0.3, 0.4) is 0 Å². The van der Waals surface area contributed by atoms with Gasteiger partial charge in [0.1, 0.15) is 0 Å². The molecule has 0 saturated heterocycles. The van der Waals surface area contributed by atoms with E-state index in [1.54, 1.807) is 13.8 Å². The predicted octanol–water partition coefficient (Wildman–Crippen LogP) is 1.47. The summed E-state index contributed by atoms with van der Waals surface area (Å²) in [5.41, 5.74) is -5.21. The molecule has 0 rings (SSSR count). The Labute approximate surface area is 75.4 Å². The second kappa shape index (κ2) is 4.28. The normalized spacial score (nSPS) is 15.8. The molecular weight excluding hydrogens is 207 g/mol. The van der Waals surface area contributed by atoms with Crippen LogP contribution in [-0.2, 0) is 10.0 Å². The van der Waals surface area contributed by atoms with Crippen molar-refractivity contribution < 1.29 is 21.6 Å². The van der Waals surface area contributed by atoms with Gasteiger partial charge in [0.25, 0.3) is 0 Å². The summed E-state index contributed by atoms with van der Waals surface area (Å²) >= 11 is 0. The minimum Gasteiger partial charge on any atom is -0.207 e. The number of sulfonamides is 1. The Morgan fingerprint density at radius 2 is 1.85 bits per heavy atom. The summed E-state index contributed by atoms with van der Waals surface area (Å²) in [6.45, 7) is 3.25. The van der Waals surface area contributed by atoms with Crippen molar-refractivity contribution >= 4 is 10.0 Å². The zero-order chi connectivity index (χ0) is 10.7. The highest BCUT2D eigenvalue weighted by Crippen LogP contribution is 2.21. The molecule has 0 aliphatic rings. The van der Waals surface area contributed by atoms with Crippen LogP contribution in [0.25, 0.3) is 0 Å². The first-order chi connectivity index (χ1) is 5.70. The van der Waals surface area contributed by atoms with Gasteiger partial charge in [-0.1, -0.05) is 20.3 Å². The Bertz CT molecular complexity index is 247. The lowest BCUT2D eigenvalue weighted by Gasteiger charge is -2.12. The van der Waals surface area contributed by atoms with Crippen LogP contribution in [0, 0.1) is 5.92 Å². The smallest absolute Gasteiger partial charge is 0.207 e. The Morgan fingerprint density at radius 3 is 2.15 bits per heavy atom. The summed E-state index contributed by atoms with van der Waals surface area (Å²) < 4.78 is 57.6. The zero-order valence-electron chi connectivity index (χ0n) is 7.35. The van der Waals surface area contributed by atoms with Gasteiger partial charge in [-0.2, -0.15) is 13.2 Å². The minimum absolute atomic E-state index is 0.0999. The lowest BCUT2D eigenvalue weighted by Crippen LogP contribution is -2.38. The molecule has 0 amide bonds. The van der Waals surface area contributed by atoms with Gasteiger partial charge >= 0.3 is 15.5 Å². The summed E-state index contributed by atoms with van der Waals surface area (Å²) in [5.74, 6) is -0.0999. The third kappa shape index (κ3) is 3.95. The molecule has 0 aliphatic carbocycles. The molecule has 0 aromatic carbocycles. The summed E-state index contributed by atoms with van der Waals surface area (Å²) in [6.07, 6.45) is 0.625. The van der Waals surface area contributed by atoms with Crippen LogP contribution < -0.4 is 4.72 Å². The molecule has 0 heterocycles. The van der Waals surface area contributed by atoms with Gasteiger partial charge in [-0.3, -0.25) is 0 Å². The van der Waals surface area contributed by atoms with Gasteiger partial charge in [-0.25, -0.2) is 13.1 Å². The summed E-state index contributed by atoms with van der Waals surface area (Å²) in [4.78, 5) is 0. The van der Waals surface area contributed by atoms with Crippen molar-refractivity contribution in [2.24, 2.45) is 5.92 Å². The molecule has 0 bridgehead atoms. The van der Waals surface area contributed by atoms with E-state index in [0.29, 0.717) is 6.42 Å². The van der Waals surface area contributed by atoms with Gasteiger partial charge in [0.05, 0.1) is 0 Å². The average Bonchev–Trinajstić information content (AvgIpc) is 1.98. The van der Waals surface area contributed by atoms with E-state index in [1.165, 1.54) is 4.72 Å². The predicted molar refractivity (Wildman–Crippen MR) is 42.4 cm³/mol. The quantitative estimate of drug-likeness (QED) is 0.778. The Morgan fingerprint density at radius 1 is 1.38 bits per heavy atom. The van der Waals surface area contributed by atoms with Crippen molar-refractivity contribution in [1.29, 1.82) is 0 Å². The second-order valence-electron chi connectivity index (χ2n) is 2.81. The first-order valence-corrected chi connectivity index (χ1v) is 5.25. The maximum atomic E-state index is 11.7. The fourth-order valence-electron chi connectivity index (χ4n) is 0.478. The number of hydrogen-bond donors (Lipinski definition) is 1. The first kappa shape index (κ1) is 12.7. The third-order valence-electron chi connectivity index (χ3n) is 1.62. The summed E-state index contributed by atoms with van der Waals surface area (Å²) in [6, 6.07) is 0. The maximum Gasteiger partial charge on any atom is 0.511 e. The second-order valence-corrected chi connectivity index (χ2v) is 4.57. The number of halogens is 3. The van der Waals surface area contributed by atoms with Crippen LogP contribution in [0.1, 0.15) is 20.3 Å². The lowest BCUT2D eigenvalue weighted by atomic mass is 10.1. The molecule has 0 saturated carbocycles. The fourth-order valence-corrected chi connectivity index (χ4v) is 1.15. The van der Waals surface area contributed by atoms with Crippen molar-refractivity contribution in [2.45, 2.75) is 25.8 Å². The van der Waals surface area contributed by atoms with Crippen molar-refractivity contribution in [1.82, 2.24) is 4.72 Å². The highest BCUT2D eigenvalue weighted by Gasteiger charge is 2.45. The molecule has 0 aliphatic heterocycles. The Kier molecular flexibility index (Phi) is 4.18. The molecule has 0 fully saturated rings. The highest BCUT2D eigenvalue weighted by molar-refractivity contribution is 7.90. The molecule has 80 valence electrons. The standard InChI is InChI=1S/C6H12F3NO2S/c1-3-5(2)4-10-13(11,12)6(7,8)9/h5,10H,3-4H2,1-2H3. The SMILES string of the molecule is CCC(C)CNS(=O)(=O)C(F)(F)F. The summed E-state index contributed by atoms with van der Waals surface area (Å²) in [5, 5.41) is 0. The van der Waals surface area contributed by atoms with Gasteiger partial charge < -0.3 is 0 Å². The van der Waals surface area contributed by atoms with E-state index in [-0.39, 0.29) is 12.5 Å². The molecule has 1 atom stereocenters. The van der Waals surface area contributed by atoms with E-state index in [4.69, 9.17) is 0 Å². The van der Waals surface area contributed by atoms with Crippen molar-refractivity contribution in [3.8, 4) is 0 Å². The van der Waals surface area contributed by atoms with E-state index in [2.05, 4.69) is 0 Å². The molecule has 0 aromatic heterocycles. The topological polar surface area (TPSA) is 46.2 Å². The van der Waals surface area contributed by atoms with Gasteiger partial charge in [0.15, 0.2) is 0 Å². The zero-order valence-corrected chi connectivity index (χ0v) is 8.17. The minimum atomic E-state index is -5.21. The molecule has 1 N–H and O–H groups in total. The molecule has 3 nitrogen and oxygen atoms in total. The van der Waals surface area contributed by atoms with Crippen molar-refractivity contribution in [3.05, 3.63) is 0 Å². The van der Waals surface area contributed by atoms with E-state index in [0.717, 1.165) is 0 Å². The van der Waals surface area contributed by atoms with Gasteiger partial charge in [0.2, 0.25) is 0 Å². The Hall–Kier alpha value is -0.300. The molecule has 7 heteroatoms. The molecule has 13 heavy (non-hydrogen) atoms. The van der Waals surface area contributed by atoms with Crippen molar-refractivity contribution in [3.63, 3.8) is 0 Å². The van der Waals surface area contributed by atoms with Crippen molar-refractivity contribution in [2.75, 3.05) is 6.54 Å². The number of nitrogens with one attached hydrogen (secondary N) is 1. The number of rotatable bonds is 4. The first-order valence-electron chi connectivity index (χ1n) is 3.76. The van der Waals surface area contributed by atoms with Crippen LogP contribution in [0.15, 0.2) is 0 Å². The monoisotopic (exact) mass is 219 g/mol. The molecule has 0 spiro atoms. The van der Waals surface area contributed by atoms with Gasteiger partial charge in [0, 0.05) is 6.54 Å². The van der Waals surface area contributed by atoms with E-state index >= 15 is 0 Å². The van der Waals surface area contributed by atoms with E-state index < -0.39 is 15.5 Å². The van der Waals surface area contributed by atoms with Crippen LogP contribution in [0.5, 0.6) is 0 Å². The summed E-state index contributed by atoms with van der Waals surface area (Å²) in [7, 11) is -5.15. The largest absolute Gasteiger partial charge is 0.511 e. The van der Waals surface area contributed by atoms with Gasteiger partial charge in [-0.05, 0) is 5.92 Å². The number of hydrogen-bond acceptors (Lipinski definition) is 2. The van der Waals surface area contributed by atoms with Crippen LogP contribution in [0.4, 0.5) is 13.2 Å². The van der Waals surface area contributed by atoms with E-state index in [9.17, 15) is 21.6 Å². The molecule has 1 unspecified atom stereocenters. The average molecular weight is 219 g/mol. The molecule has 0 radical (unpaired) electrons. The fraction of sp³-hybridized carbons (Fsp3) is 1.00. The maximum absolute atomic E-state index is 11.7.